The van der Waals surface area contributed by atoms with Gasteiger partial charge in [-0.1, -0.05) is 17.8 Å². The van der Waals surface area contributed by atoms with Gasteiger partial charge in [-0.25, -0.2) is 4.57 Å². The Kier molecular flexibility index (Phi) is 6.61. The number of alkyl halides is 1. The van der Waals surface area contributed by atoms with Gasteiger partial charge < -0.3 is 20.3 Å². The molecule has 0 spiro atoms. The number of aliphatic carboxylic acids is 2. The molecule has 0 aliphatic heterocycles. The fourth-order valence-corrected chi connectivity index (χ4v) is 2.34. The summed E-state index contributed by atoms with van der Waals surface area (Å²) in [5, 5.41) is 28.9. The number of hydrogen-bond acceptors (Lipinski definition) is 5. The third-order valence-corrected chi connectivity index (χ3v) is 3.70. The predicted octanol–water partition coefficient (Wildman–Crippen LogP) is 1.87. The van der Waals surface area contributed by atoms with Crippen molar-refractivity contribution in [3.05, 3.63) is 22.5 Å². The van der Waals surface area contributed by atoms with Gasteiger partial charge >= 0.3 is 17.9 Å². The lowest BCUT2D eigenvalue weighted by Gasteiger charge is -2.23. The molecule has 2 N–H and O–H groups in total. The molecule has 9 nitrogen and oxygen atoms in total. The molecule has 0 unspecified atom stereocenters. The molecule has 0 aromatic carbocycles. The van der Waals surface area contributed by atoms with Gasteiger partial charge in [0, 0.05) is 6.42 Å². The first-order valence-electron chi connectivity index (χ1n) is 7.03. The SMILES string of the molecule is O=C(O)C(CC[18F])(CCCCCn1ccnc1[N+](=O)[O-])C(=O)O. The molecule has 23 heavy (non-hydrogen) atoms. The molecule has 1 aromatic rings. The zero-order valence-electron chi connectivity index (χ0n) is 12.4. The van der Waals surface area contributed by atoms with Crippen molar-refractivity contribution in [2.75, 3.05) is 6.67 Å². The second-order valence-corrected chi connectivity index (χ2v) is 5.12. The van der Waals surface area contributed by atoms with Gasteiger partial charge in [-0.05, 0) is 17.8 Å². The first-order chi connectivity index (χ1) is 10.8. The van der Waals surface area contributed by atoms with Crippen LogP contribution < -0.4 is 0 Å². The van der Waals surface area contributed by atoms with Crippen LogP contribution in [-0.4, -0.2) is 43.3 Å². The van der Waals surface area contributed by atoms with Crippen LogP contribution >= 0.6 is 0 Å². The van der Waals surface area contributed by atoms with E-state index >= 15 is 0 Å². The number of nitro groups is 1. The lowest BCUT2D eigenvalue weighted by molar-refractivity contribution is -0.396. The van der Waals surface area contributed by atoms with Gasteiger partial charge in [0.05, 0.1) is 13.2 Å². The molecular formula is C13H18FN3O6. The van der Waals surface area contributed by atoms with Crippen molar-refractivity contribution in [2.45, 2.75) is 38.6 Å². The normalized spacial score (nSPS) is 11.3. The quantitative estimate of drug-likeness (QED) is 0.273. The van der Waals surface area contributed by atoms with Gasteiger partial charge in [-0.3, -0.25) is 14.0 Å². The largest absolute Gasteiger partial charge is 0.480 e. The van der Waals surface area contributed by atoms with Crippen LogP contribution in [0.4, 0.5) is 10.3 Å². The molecule has 1 aromatic heterocycles. The number of hydrogen-bond donors (Lipinski definition) is 2. The van der Waals surface area contributed by atoms with Crippen molar-refractivity contribution in [3.63, 3.8) is 0 Å². The van der Waals surface area contributed by atoms with E-state index < -0.39 is 35.4 Å². The van der Waals surface area contributed by atoms with Crippen LogP contribution in [-0.2, 0) is 16.1 Å². The molecule has 1 heterocycles. The van der Waals surface area contributed by atoms with Crippen molar-refractivity contribution in [1.29, 1.82) is 0 Å². The van der Waals surface area contributed by atoms with E-state index in [1.165, 1.54) is 17.0 Å². The Morgan fingerprint density at radius 3 is 2.43 bits per heavy atom. The summed E-state index contributed by atoms with van der Waals surface area (Å²) in [6.07, 6.45) is 3.21. The standard InChI is InChI=1S/C13H18FN3O6/c14-6-5-13(10(18)19,11(20)21)4-2-1-3-8-16-9-7-15-12(16)17(22)23/h7,9H,1-6,8H2,(H,18,19)(H,20,21)/i14-1. The molecule has 0 aliphatic rings. The number of nitrogens with zero attached hydrogens (tertiary/aromatic N) is 3. The third-order valence-electron chi connectivity index (χ3n) is 3.70. The van der Waals surface area contributed by atoms with E-state index in [0.29, 0.717) is 19.4 Å². The highest BCUT2D eigenvalue weighted by Crippen LogP contribution is 2.30. The number of carboxylic acids is 2. The minimum absolute atomic E-state index is 0.187. The molecule has 0 bridgehead atoms. The molecule has 0 radical (unpaired) electrons. The summed E-state index contributed by atoms with van der Waals surface area (Å²) < 4.78 is 13.8. The van der Waals surface area contributed by atoms with E-state index in [0.717, 1.165) is 0 Å². The second kappa shape index (κ2) is 8.20. The van der Waals surface area contributed by atoms with Crippen molar-refractivity contribution in [2.24, 2.45) is 5.41 Å². The Morgan fingerprint density at radius 2 is 1.91 bits per heavy atom. The maximum atomic E-state index is 12.5. The van der Waals surface area contributed by atoms with Gasteiger partial charge in [0.25, 0.3) is 0 Å². The molecule has 10 heteroatoms. The first kappa shape index (κ1) is 18.5. The maximum Gasteiger partial charge on any atom is 0.434 e. The fraction of sp³-hybridized carbons (Fsp3) is 0.615. The number of rotatable bonds is 11. The van der Waals surface area contributed by atoms with E-state index in [9.17, 15) is 24.1 Å². The summed E-state index contributed by atoms with van der Waals surface area (Å²) in [5.41, 5.74) is -2.12. The second-order valence-electron chi connectivity index (χ2n) is 5.12. The van der Waals surface area contributed by atoms with Crippen LogP contribution in [0.3, 0.4) is 0 Å². The lowest BCUT2D eigenvalue weighted by Crippen LogP contribution is -2.39. The van der Waals surface area contributed by atoms with E-state index in [2.05, 4.69) is 4.98 Å². The Morgan fingerprint density at radius 1 is 1.26 bits per heavy atom. The summed E-state index contributed by atoms with van der Waals surface area (Å²) in [4.78, 5) is 36.0. The predicted molar refractivity (Wildman–Crippen MR) is 75.6 cm³/mol. The Balaban J connectivity index is 2.51. The van der Waals surface area contributed by atoms with Crippen molar-refractivity contribution in [3.8, 4) is 0 Å². The third kappa shape index (κ3) is 4.47. The molecule has 0 fully saturated rings. The summed E-state index contributed by atoms with van der Waals surface area (Å²) in [7, 11) is 0. The topological polar surface area (TPSA) is 136 Å². The molecule has 0 aliphatic carbocycles. The number of aromatic nitrogens is 2. The number of imidazole rings is 1. The van der Waals surface area contributed by atoms with E-state index in [-0.39, 0.29) is 18.8 Å². The zero-order chi connectivity index (χ0) is 17.5. The average Bonchev–Trinajstić information content (AvgIpc) is 2.93. The highest BCUT2D eigenvalue weighted by atomic mass is 18.2. The minimum Gasteiger partial charge on any atom is -0.480 e. The van der Waals surface area contributed by atoms with Crippen LogP contribution in [0, 0.1) is 15.5 Å². The Hall–Kier alpha value is -2.52. The van der Waals surface area contributed by atoms with Crippen LogP contribution in [0.2, 0.25) is 0 Å². The smallest absolute Gasteiger partial charge is 0.434 e. The van der Waals surface area contributed by atoms with Gasteiger partial charge in [-0.15, -0.1) is 0 Å². The summed E-state index contributed by atoms with van der Waals surface area (Å²) >= 11 is 0. The van der Waals surface area contributed by atoms with Gasteiger partial charge in [0.15, 0.2) is 5.41 Å². The average molecular weight is 330 g/mol. The highest BCUT2D eigenvalue weighted by molar-refractivity contribution is 5.98. The van der Waals surface area contributed by atoms with E-state index in [4.69, 9.17) is 10.2 Å². The maximum absolute atomic E-state index is 12.5. The van der Waals surface area contributed by atoms with Crippen LogP contribution in [0.15, 0.2) is 12.4 Å². The van der Waals surface area contributed by atoms with Gasteiger partial charge in [0.2, 0.25) is 0 Å². The van der Waals surface area contributed by atoms with Crippen molar-refractivity contribution in [1.82, 2.24) is 9.55 Å². The summed E-state index contributed by atoms with van der Waals surface area (Å²) in [5.74, 6) is -3.38. The molecule has 0 amide bonds. The number of halogens is 1. The van der Waals surface area contributed by atoms with Gasteiger partial charge in [-0.2, -0.15) is 0 Å². The number of aryl methyl sites for hydroxylation is 1. The molecule has 1 rings (SSSR count). The molecule has 128 valence electrons. The Labute approximate surface area is 130 Å². The van der Waals surface area contributed by atoms with E-state index in [1.54, 1.807) is 0 Å². The monoisotopic (exact) mass is 330 g/mol. The van der Waals surface area contributed by atoms with E-state index in [1.807, 2.05) is 0 Å². The number of unbranched alkanes of at least 4 members (excludes halogenated alkanes) is 2. The fourth-order valence-electron chi connectivity index (χ4n) is 2.34. The highest BCUT2D eigenvalue weighted by Gasteiger charge is 2.45. The zero-order valence-corrected chi connectivity index (χ0v) is 12.4. The summed E-state index contributed by atoms with van der Waals surface area (Å²) in [6, 6.07) is 0. The van der Waals surface area contributed by atoms with Crippen LogP contribution in [0.25, 0.3) is 0 Å². The van der Waals surface area contributed by atoms with Gasteiger partial charge in [0.1, 0.15) is 12.4 Å². The van der Waals surface area contributed by atoms with Crippen LogP contribution in [0.5, 0.6) is 0 Å². The molecule has 0 saturated heterocycles. The lowest BCUT2D eigenvalue weighted by atomic mass is 9.80. The Bertz CT molecular complexity index is 560. The minimum atomic E-state index is -2.12. The molecule has 0 atom stereocenters. The van der Waals surface area contributed by atoms with Crippen LogP contribution in [0.1, 0.15) is 32.1 Å². The molecule has 0 saturated carbocycles. The number of carbonyl (C=O) groups is 2. The summed E-state index contributed by atoms with van der Waals surface area (Å²) in [6.45, 7) is -0.716. The molecular weight excluding hydrogens is 312 g/mol. The van der Waals surface area contributed by atoms with Crippen molar-refractivity contribution < 1.29 is 29.1 Å². The first-order valence-corrected chi connectivity index (χ1v) is 7.03. The van der Waals surface area contributed by atoms with Crippen molar-refractivity contribution >= 4 is 17.9 Å². The number of carboxylic acid groups (broad SMARTS) is 2.